The third-order valence-corrected chi connectivity index (χ3v) is 5.29. The van der Waals surface area contributed by atoms with Crippen LogP contribution < -0.4 is 0 Å². The maximum atomic E-state index is 12.0. The lowest BCUT2D eigenvalue weighted by atomic mass is 9.87. The van der Waals surface area contributed by atoms with Gasteiger partial charge >= 0.3 is 23.9 Å². The first kappa shape index (κ1) is 25.6. The molecule has 186 valence electrons. The smallest absolute Gasteiger partial charge is 0.303 e. The van der Waals surface area contributed by atoms with Gasteiger partial charge in [0.05, 0.1) is 13.2 Å². The zero-order valence-electron chi connectivity index (χ0n) is 19.4. The van der Waals surface area contributed by atoms with Gasteiger partial charge < -0.3 is 33.2 Å². The van der Waals surface area contributed by atoms with Crippen LogP contribution in [0.25, 0.3) is 0 Å². The lowest BCUT2D eigenvalue weighted by Crippen LogP contribution is -2.64. The highest BCUT2D eigenvalue weighted by Crippen LogP contribution is 2.46. The predicted octanol–water partition coefficient (Wildman–Crippen LogP) is 1.06. The van der Waals surface area contributed by atoms with E-state index in [9.17, 15) is 19.2 Å². The summed E-state index contributed by atoms with van der Waals surface area (Å²) < 4.78 is 39.4. The number of hydrogen-bond acceptors (Lipinski definition) is 11. The minimum absolute atomic E-state index is 0.171. The fraction of sp³-hybridized carbons (Fsp3) is 0.565. The molecule has 2 heterocycles. The summed E-state index contributed by atoms with van der Waals surface area (Å²) in [6, 6.07) is 9.28. The van der Waals surface area contributed by atoms with Crippen LogP contribution >= 0.6 is 0 Å². The van der Waals surface area contributed by atoms with E-state index in [1.165, 1.54) is 27.7 Å². The number of rotatable bonds is 9. The summed E-state index contributed by atoms with van der Waals surface area (Å²) in [7, 11) is 0. The van der Waals surface area contributed by atoms with Gasteiger partial charge in [-0.05, 0) is 5.56 Å². The Balaban J connectivity index is 1.99. The molecule has 11 heteroatoms. The first-order valence-electron chi connectivity index (χ1n) is 10.7. The Morgan fingerprint density at radius 3 is 2.06 bits per heavy atom. The standard InChI is InChI=1S/C23H28O11/c1-13(24)29-11-18-20(31-15(3)26)23(12-28-10-17-8-6-5-7-9-17)21(32-16(4)27)19(30-14(2)25)22(33-18)34-23/h5-9,18-22H,10-12H2,1-4H3/t18-,19-,20+,21-,22+,23+/m1/s1. The molecule has 0 saturated carbocycles. The molecule has 0 amide bonds. The molecular formula is C23H28O11. The van der Waals surface area contributed by atoms with E-state index in [0.29, 0.717) is 0 Å². The first-order chi connectivity index (χ1) is 16.1. The molecule has 2 saturated heterocycles. The number of hydrogen-bond donors (Lipinski definition) is 0. The zero-order chi connectivity index (χ0) is 24.9. The quantitative estimate of drug-likeness (QED) is 0.371. The number of carbonyl (C=O) groups is 4. The van der Waals surface area contributed by atoms with Gasteiger partial charge in [0, 0.05) is 27.7 Å². The highest BCUT2D eigenvalue weighted by Gasteiger charge is 2.70. The van der Waals surface area contributed by atoms with Crippen LogP contribution in [0.2, 0.25) is 0 Å². The SMILES string of the molecule is CC(=O)OC[C@H]1O[C@H]2O[C@](COCc3ccccc3)([C@H](OC(C)=O)[C@H]2OC(C)=O)[C@H]1OC(C)=O. The lowest BCUT2D eigenvalue weighted by Gasteiger charge is -2.44. The number of fused-ring (bicyclic) bond motifs is 2. The maximum absolute atomic E-state index is 12.0. The van der Waals surface area contributed by atoms with E-state index in [4.69, 9.17) is 33.2 Å². The molecular weight excluding hydrogens is 452 g/mol. The van der Waals surface area contributed by atoms with Gasteiger partial charge in [0.15, 0.2) is 30.2 Å². The van der Waals surface area contributed by atoms with E-state index in [2.05, 4.69) is 0 Å². The third-order valence-electron chi connectivity index (χ3n) is 5.29. The average molecular weight is 480 g/mol. The number of esters is 4. The highest BCUT2D eigenvalue weighted by molar-refractivity contribution is 5.68. The second-order valence-electron chi connectivity index (χ2n) is 8.03. The average Bonchev–Trinajstić information content (AvgIpc) is 2.98. The largest absolute Gasteiger partial charge is 0.463 e. The highest BCUT2D eigenvalue weighted by atomic mass is 16.8. The summed E-state index contributed by atoms with van der Waals surface area (Å²) in [5.74, 6) is -2.60. The van der Waals surface area contributed by atoms with Crippen molar-refractivity contribution in [2.75, 3.05) is 13.2 Å². The fourth-order valence-electron chi connectivity index (χ4n) is 4.10. The molecule has 11 nitrogen and oxygen atoms in total. The Labute approximate surface area is 196 Å². The molecule has 0 aromatic heterocycles. The van der Waals surface area contributed by atoms with E-state index < -0.39 is 60.2 Å². The van der Waals surface area contributed by atoms with Crippen LogP contribution in [-0.2, 0) is 58.9 Å². The summed E-state index contributed by atoms with van der Waals surface area (Å²) in [6.07, 6.45) is -5.84. The van der Waals surface area contributed by atoms with Crippen LogP contribution in [0.4, 0.5) is 0 Å². The van der Waals surface area contributed by atoms with Crippen molar-refractivity contribution >= 4 is 23.9 Å². The van der Waals surface area contributed by atoms with Crippen LogP contribution in [0.15, 0.2) is 30.3 Å². The number of carbonyl (C=O) groups excluding carboxylic acids is 4. The van der Waals surface area contributed by atoms with Gasteiger partial charge in [0.25, 0.3) is 0 Å². The second kappa shape index (κ2) is 10.9. The van der Waals surface area contributed by atoms with Crippen molar-refractivity contribution in [1.29, 1.82) is 0 Å². The van der Waals surface area contributed by atoms with Gasteiger partial charge in [-0.1, -0.05) is 30.3 Å². The van der Waals surface area contributed by atoms with Crippen molar-refractivity contribution in [3.8, 4) is 0 Å². The van der Waals surface area contributed by atoms with Crippen LogP contribution in [0.1, 0.15) is 33.3 Å². The Morgan fingerprint density at radius 2 is 1.47 bits per heavy atom. The van der Waals surface area contributed by atoms with E-state index in [1.807, 2.05) is 30.3 Å². The Hall–Kier alpha value is -3.02. The number of benzene rings is 1. The Morgan fingerprint density at radius 1 is 0.853 bits per heavy atom. The number of ether oxygens (including phenoxy) is 7. The van der Waals surface area contributed by atoms with E-state index in [0.717, 1.165) is 5.56 Å². The molecule has 2 fully saturated rings. The van der Waals surface area contributed by atoms with Gasteiger partial charge in [-0.2, -0.15) is 0 Å². The molecule has 2 aliphatic heterocycles. The van der Waals surface area contributed by atoms with Crippen LogP contribution in [0.5, 0.6) is 0 Å². The fourth-order valence-corrected chi connectivity index (χ4v) is 4.10. The van der Waals surface area contributed by atoms with E-state index >= 15 is 0 Å². The maximum Gasteiger partial charge on any atom is 0.303 e. The lowest BCUT2D eigenvalue weighted by molar-refractivity contribution is -0.321. The Kier molecular flexibility index (Phi) is 8.24. The second-order valence-corrected chi connectivity index (χ2v) is 8.03. The van der Waals surface area contributed by atoms with Gasteiger partial charge in [-0.25, -0.2) is 0 Å². The molecule has 0 N–H and O–H groups in total. The summed E-state index contributed by atoms with van der Waals surface area (Å²) in [4.78, 5) is 47.3. The van der Waals surface area contributed by atoms with Crippen molar-refractivity contribution in [3.63, 3.8) is 0 Å². The zero-order valence-corrected chi connectivity index (χ0v) is 19.4. The van der Waals surface area contributed by atoms with Crippen LogP contribution in [0.3, 0.4) is 0 Å². The topological polar surface area (TPSA) is 133 Å². The monoisotopic (exact) mass is 480 g/mol. The molecule has 3 rings (SSSR count). The molecule has 0 radical (unpaired) electrons. The summed E-state index contributed by atoms with van der Waals surface area (Å²) >= 11 is 0. The van der Waals surface area contributed by atoms with Crippen LogP contribution in [-0.4, -0.2) is 73.4 Å². The molecule has 1 aromatic rings. The minimum Gasteiger partial charge on any atom is -0.463 e. The minimum atomic E-state index is -1.61. The van der Waals surface area contributed by atoms with Crippen molar-refractivity contribution < 1.29 is 52.3 Å². The molecule has 0 aliphatic carbocycles. The van der Waals surface area contributed by atoms with Crippen LogP contribution in [0, 0.1) is 0 Å². The van der Waals surface area contributed by atoms with E-state index in [1.54, 1.807) is 0 Å². The molecule has 1 aromatic carbocycles. The molecule has 0 unspecified atom stereocenters. The summed E-state index contributed by atoms with van der Waals surface area (Å²) in [5, 5.41) is 0. The van der Waals surface area contributed by atoms with Gasteiger partial charge in [0.1, 0.15) is 12.7 Å². The van der Waals surface area contributed by atoms with Crippen molar-refractivity contribution in [1.82, 2.24) is 0 Å². The Bertz CT molecular complexity index is 901. The van der Waals surface area contributed by atoms with Gasteiger partial charge in [0.2, 0.25) is 0 Å². The van der Waals surface area contributed by atoms with E-state index in [-0.39, 0.29) is 19.8 Å². The van der Waals surface area contributed by atoms with Gasteiger partial charge in [-0.3, -0.25) is 19.2 Å². The van der Waals surface area contributed by atoms with Gasteiger partial charge in [-0.15, -0.1) is 0 Å². The summed E-state index contributed by atoms with van der Waals surface area (Å²) in [6.45, 7) is 4.45. The molecule has 0 spiro atoms. The molecule has 2 bridgehead atoms. The first-order valence-corrected chi connectivity index (χ1v) is 10.7. The molecule has 2 aliphatic rings. The van der Waals surface area contributed by atoms with Crippen molar-refractivity contribution in [2.45, 2.75) is 70.6 Å². The third kappa shape index (κ3) is 5.91. The normalized spacial score (nSPS) is 29.7. The van der Waals surface area contributed by atoms with Crippen molar-refractivity contribution in [2.24, 2.45) is 0 Å². The predicted molar refractivity (Wildman–Crippen MR) is 112 cm³/mol. The molecule has 34 heavy (non-hydrogen) atoms. The molecule has 6 atom stereocenters. The van der Waals surface area contributed by atoms with Crippen molar-refractivity contribution in [3.05, 3.63) is 35.9 Å². The summed E-state index contributed by atoms with van der Waals surface area (Å²) in [5.41, 5.74) is -0.749.